The quantitative estimate of drug-likeness (QED) is 0.337. The van der Waals surface area contributed by atoms with Crippen LogP contribution in [0.5, 0.6) is 0 Å². The molecule has 0 atom stereocenters. The average Bonchev–Trinajstić information content (AvgIpc) is 2.36. The summed E-state index contributed by atoms with van der Waals surface area (Å²) in [6.45, 7) is 3.72. The number of amidine groups is 1. The number of hydrogen-bond donors (Lipinski definition) is 3. The summed E-state index contributed by atoms with van der Waals surface area (Å²) in [6, 6.07) is 5.24. The minimum atomic E-state index is -0.491. The van der Waals surface area contributed by atoms with Crippen molar-refractivity contribution in [2.75, 3.05) is 18.6 Å². The molecule has 1 rings (SSSR count). The van der Waals surface area contributed by atoms with Crippen molar-refractivity contribution < 1.29 is 10.3 Å². The van der Waals surface area contributed by atoms with E-state index in [9.17, 15) is 5.11 Å². The smallest absolute Gasteiger partial charge is 0.173 e. The van der Waals surface area contributed by atoms with E-state index in [1.54, 1.807) is 18.2 Å². The van der Waals surface area contributed by atoms with Gasteiger partial charge in [-0.3, -0.25) is 0 Å². The number of likely N-dealkylation sites (N-methyl/N-ethyl adjacent to an activating group) is 1. The van der Waals surface area contributed by atoms with Crippen molar-refractivity contribution in [3.8, 4) is 0 Å². The van der Waals surface area contributed by atoms with E-state index in [1.807, 2.05) is 25.8 Å². The number of aliphatic hydroxyl groups is 1. The monoisotopic (exact) mass is 271 g/mol. The number of benzene rings is 1. The molecular formula is C12H18ClN3O2. The zero-order valence-electron chi connectivity index (χ0n) is 10.7. The first-order chi connectivity index (χ1) is 8.35. The van der Waals surface area contributed by atoms with Crippen LogP contribution < -0.4 is 10.6 Å². The van der Waals surface area contributed by atoms with Crippen LogP contribution in [0.15, 0.2) is 23.4 Å². The summed E-state index contributed by atoms with van der Waals surface area (Å²) in [7, 11) is 1.82. The number of nitrogens with zero attached hydrogens (tertiary/aromatic N) is 2. The number of aliphatic hydroxyl groups excluding tert-OH is 1. The van der Waals surface area contributed by atoms with Gasteiger partial charge < -0.3 is 20.9 Å². The van der Waals surface area contributed by atoms with Crippen LogP contribution in [0.25, 0.3) is 0 Å². The molecule has 18 heavy (non-hydrogen) atoms. The molecule has 0 saturated heterocycles. The number of halogens is 1. The van der Waals surface area contributed by atoms with E-state index in [4.69, 9.17) is 22.5 Å². The average molecular weight is 272 g/mol. The fourth-order valence-corrected chi connectivity index (χ4v) is 1.79. The Labute approximate surface area is 111 Å². The Balaban J connectivity index is 3.38. The third-order valence-electron chi connectivity index (χ3n) is 3.01. The van der Waals surface area contributed by atoms with Crippen LogP contribution in [0, 0.1) is 0 Å². The molecule has 4 N–H and O–H groups in total. The molecule has 0 fully saturated rings. The third kappa shape index (κ3) is 2.68. The van der Waals surface area contributed by atoms with Crippen LogP contribution in [0.3, 0.4) is 0 Å². The van der Waals surface area contributed by atoms with Gasteiger partial charge in [0.15, 0.2) is 5.84 Å². The molecule has 0 heterocycles. The van der Waals surface area contributed by atoms with Crippen molar-refractivity contribution in [1.29, 1.82) is 0 Å². The molecular weight excluding hydrogens is 254 g/mol. The first-order valence-electron chi connectivity index (χ1n) is 5.46. The number of nitrogens with two attached hydrogens (primary N) is 1. The third-order valence-corrected chi connectivity index (χ3v) is 3.33. The molecule has 0 spiro atoms. The van der Waals surface area contributed by atoms with Gasteiger partial charge in [0, 0.05) is 12.7 Å². The van der Waals surface area contributed by atoms with Crippen LogP contribution in [0.2, 0.25) is 5.02 Å². The van der Waals surface area contributed by atoms with E-state index in [-0.39, 0.29) is 12.4 Å². The second kappa shape index (κ2) is 5.46. The highest BCUT2D eigenvalue weighted by molar-refractivity contribution is 6.34. The Morgan fingerprint density at radius 2 is 2.11 bits per heavy atom. The Hall–Kier alpha value is -1.46. The van der Waals surface area contributed by atoms with Crippen LogP contribution in [0.4, 0.5) is 5.69 Å². The standard InChI is InChI=1S/C12H18ClN3O2/c1-12(2,7-17)16(3)9-6-4-5-8(13)10(9)11(14)15-18/h4-6,17-18H,7H2,1-3H3,(H2,14,15). The van der Waals surface area contributed by atoms with Crippen molar-refractivity contribution in [2.24, 2.45) is 10.9 Å². The van der Waals surface area contributed by atoms with Crippen molar-refractivity contribution in [2.45, 2.75) is 19.4 Å². The van der Waals surface area contributed by atoms with E-state index in [0.29, 0.717) is 16.3 Å². The molecule has 0 amide bonds. The molecule has 0 aliphatic heterocycles. The summed E-state index contributed by atoms with van der Waals surface area (Å²) >= 11 is 6.08. The largest absolute Gasteiger partial charge is 0.409 e. The van der Waals surface area contributed by atoms with Crippen molar-refractivity contribution in [3.05, 3.63) is 28.8 Å². The summed E-state index contributed by atoms with van der Waals surface area (Å²) in [5, 5.41) is 21.6. The van der Waals surface area contributed by atoms with Gasteiger partial charge in [0.25, 0.3) is 0 Å². The molecule has 1 aromatic carbocycles. The number of rotatable bonds is 4. The molecule has 0 bridgehead atoms. The minimum Gasteiger partial charge on any atom is -0.409 e. The van der Waals surface area contributed by atoms with Crippen LogP contribution >= 0.6 is 11.6 Å². The predicted molar refractivity (Wildman–Crippen MR) is 73.5 cm³/mol. The fourth-order valence-electron chi connectivity index (χ4n) is 1.53. The molecule has 0 aliphatic carbocycles. The Morgan fingerprint density at radius 3 is 2.61 bits per heavy atom. The second-order valence-corrected chi connectivity index (χ2v) is 5.06. The lowest BCUT2D eigenvalue weighted by molar-refractivity contribution is 0.216. The zero-order chi connectivity index (χ0) is 13.9. The summed E-state index contributed by atoms with van der Waals surface area (Å²) in [5.74, 6) is -0.0591. The number of hydrogen-bond acceptors (Lipinski definition) is 4. The van der Waals surface area contributed by atoms with Crippen molar-refractivity contribution in [3.63, 3.8) is 0 Å². The van der Waals surface area contributed by atoms with E-state index in [0.717, 1.165) is 0 Å². The SMILES string of the molecule is CN(c1cccc(Cl)c1/C(N)=N/O)C(C)(C)CO. The molecule has 0 aliphatic rings. The van der Waals surface area contributed by atoms with Gasteiger partial charge in [-0.15, -0.1) is 0 Å². The normalized spacial score (nSPS) is 12.6. The summed E-state index contributed by atoms with van der Waals surface area (Å²) in [5.41, 5.74) is 6.30. The molecule has 1 aromatic rings. The summed E-state index contributed by atoms with van der Waals surface area (Å²) < 4.78 is 0. The molecule has 0 radical (unpaired) electrons. The first-order valence-corrected chi connectivity index (χ1v) is 5.84. The second-order valence-electron chi connectivity index (χ2n) is 4.65. The van der Waals surface area contributed by atoms with Gasteiger partial charge >= 0.3 is 0 Å². The topological polar surface area (TPSA) is 82.1 Å². The maximum absolute atomic E-state index is 9.40. The van der Waals surface area contributed by atoms with Gasteiger partial charge in [0.2, 0.25) is 0 Å². The van der Waals surface area contributed by atoms with Gasteiger partial charge in [0.05, 0.1) is 22.7 Å². The summed E-state index contributed by atoms with van der Waals surface area (Å²) in [6.07, 6.45) is 0. The van der Waals surface area contributed by atoms with Gasteiger partial charge in [-0.05, 0) is 26.0 Å². The van der Waals surface area contributed by atoms with Crippen molar-refractivity contribution >= 4 is 23.1 Å². The molecule has 100 valence electrons. The van der Waals surface area contributed by atoms with E-state index in [1.165, 1.54) is 0 Å². The van der Waals surface area contributed by atoms with Crippen LogP contribution in [0.1, 0.15) is 19.4 Å². The van der Waals surface area contributed by atoms with E-state index < -0.39 is 5.54 Å². The predicted octanol–water partition coefficient (Wildman–Crippen LogP) is 1.64. The highest BCUT2D eigenvalue weighted by Gasteiger charge is 2.26. The lowest BCUT2D eigenvalue weighted by Gasteiger charge is -2.37. The van der Waals surface area contributed by atoms with Gasteiger partial charge in [-0.25, -0.2) is 0 Å². The fraction of sp³-hybridized carbons (Fsp3) is 0.417. The lowest BCUT2D eigenvalue weighted by atomic mass is 10.0. The highest BCUT2D eigenvalue weighted by Crippen LogP contribution is 2.30. The summed E-state index contributed by atoms with van der Waals surface area (Å²) in [4.78, 5) is 1.84. The maximum atomic E-state index is 9.40. The van der Waals surface area contributed by atoms with Crippen molar-refractivity contribution in [1.82, 2.24) is 0 Å². The zero-order valence-corrected chi connectivity index (χ0v) is 11.4. The number of oxime groups is 1. The number of anilines is 1. The van der Waals surface area contributed by atoms with E-state index in [2.05, 4.69) is 5.16 Å². The molecule has 0 aromatic heterocycles. The van der Waals surface area contributed by atoms with Gasteiger partial charge in [0.1, 0.15) is 0 Å². The van der Waals surface area contributed by atoms with Crippen LogP contribution in [-0.2, 0) is 0 Å². The Morgan fingerprint density at radius 1 is 1.50 bits per heavy atom. The highest BCUT2D eigenvalue weighted by atomic mass is 35.5. The molecule has 5 nitrogen and oxygen atoms in total. The van der Waals surface area contributed by atoms with Crippen LogP contribution in [-0.4, -0.2) is 35.3 Å². The van der Waals surface area contributed by atoms with Gasteiger partial charge in [-0.2, -0.15) is 0 Å². The molecule has 0 saturated carbocycles. The Kier molecular flexibility index (Phi) is 4.43. The Bertz CT molecular complexity index is 461. The molecule has 6 heteroatoms. The maximum Gasteiger partial charge on any atom is 0.173 e. The molecule has 0 unspecified atom stereocenters. The van der Waals surface area contributed by atoms with E-state index >= 15 is 0 Å². The van der Waals surface area contributed by atoms with Gasteiger partial charge in [-0.1, -0.05) is 22.8 Å². The minimum absolute atomic E-state index is 0.0361. The lowest BCUT2D eigenvalue weighted by Crippen LogP contribution is -2.45. The first kappa shape index (κ1) is 14.6.